The smallest absolute Gasteiger partial charge is 0.408 e. The van der Waals surface area contributed by atoms with Crippen LogP contribution in [-0.4, -0.2) is 31.1 Å². The zero-order valence-electron chi connectivity index (χ0n) is 17.4. The standard InChI is InChI=1S/C23H31N3O3/c1-17(2)14-21(26-23(28)29-16-19-9-5-4-6-10-19)22(27)25-13-12-24-20-11-7-8-18(3)15-20/h4-11,15,17,21,24H,12-14,16H2,1-3H3,(H,25,27)(H,26,28)/t21-/m0/s1. The van der Waals surface area contributed by atoms with E-state index in [2.05, 4.69) is 16.0 Å². The second kappa shape index (κ2) is 11.7. The summed E-state index contributed by atoms with van der Waals surface area (Å²) in [6.45, 7) is 7.28. The van der Waals surface area contributed by atoms with E-state index in [1.165, 1.54) is 5.56 Å². The summed E-state index contributed by atoms with van der Waals surface area (Å²) >= 11 is 0. The van der Waals surface area contributed by atoms with E-state index < -0.39 is 12.1 Å². The van der Waals surface area contributed by atoms with Crippen LogP contribution in [0.1, 0.15) is 31.4 Å². The number of hydrogen-bond donors (Lipinski definition) is 3. The van der Waals surface area contributed by atoms with Gasteiger partial charge >= 0.3 is 6.09 Å². The number of hydrogen-bond acceptors (Lipinski definition) is 4. The van der Waals surface area contributed by atoms with Gasteiger partial charge in [-0.1, -0.05) is 56.3 Å². The van der Waals surface area contributed by atoms with E-state index in [9.17, 15) is 9.59 Å². The maximum absolute atomic E-state index is 12.5. The molecule has 1 atom stereocenters. The Morgan fingerprint density at radius 3 is 2.45 bits per heavy atom. The zero-order valence-corrected chi connectivity index (χ0v) is 17.4. The van der Waals surface area contributed by atoms with E-state index in [0.717, 1.165) is 11.3 Å². The van der Waals surface area contributed by atoms with Crippen molar-refractivity contribution in [3.8, 4) is 0 Å². The Morgan fingerprint density at radius 1 is 1.00 bits per heavy atom. The number of nitrogens with one attached hydrogen (secondary N) is 3. The molecule has 0 heterocycles. The highest BCUT2D eigenvalue weighted by molar-refractivity contribution is 5.85. The Bertz CT molecular complexity index is 778. The van der Waals surface area contributed by atoms with Gasteiger partial charge in [0.2, 0.25) is 5.91 Å². The first-order valence-corrected chi connectivity index (χ1v) is 9.99. The van der Waals surface area contributed by atoms with Crippen molar-refractivity contribution in [1.82, 2.24) is 10.6 Å². The average molecular weight is 398 g/mol. The number of carbonyl (C=O) groups is 2. The first-order chi connectivity index (χ1) is 13.9. The van der Waals surface area contributed by atoms with Gasteiger partial charge in [0.15, 0.2) is 0 Å². The van der Waals surface area contributed by atoms with Crippen molar-refractivity contribution in [3.63, 3.8) is 0 Å². The van der Waals surface area contributed by atoms with Gasteiger partial charge in [0.25, 0.3) is 0 Å². The lowest BCUT2D eigenvalue weighted by Gasteiger charge is -2.20. The quantitative estimate of drug-likeness (QED) is 0.532. The number of carbonyl (C=O) groups excluding carboxylic acids is 2. The van der Waals surface area contributed by atoms with E-state index in [-0.39, 0.29) is 18.4 Å². The number of amides is 2. The van der Waals surface area contributed by atoms with Crippen LogP contribution in [0.15, 0.2) is 54.6 Å². The third-order valence-electron chi connectivity index (χ3n) is 4.30. The molecule has 3 N–H and O–H groups in total. The highest BCUT2D eigenvalue weighted by Crippen LogP contribution is 2.09. The van der Waals surface area contributed by atoms with Crippen LogP contribution in [0.25, 0.3) is 0 Å². The third kappa shape index (κ3) is 8.68. The maximum Gasteiger partial charge on any atom is 0.408 e. The molecule has 0 spiro atoms. The van der Waals surface area contributed by atoms with E-state index in [0.29, 0.717) is 19.5 Å². The lowest BCUT2D eigenvalue weighted by Crippen LogP contribution is -2.48. The molecule has 0 saturated carbocycles. The van der Waals surface area contributed by atoms with Gasteiger partial charge in [-0.2, -0.15) is 0 Å². The van der Waals surface area contributed by atoms with Crippen LogP contribution in [0.4, 0.5) is 10.5 Å². The highest BCUT2D eigenvalue weighted by Gasteiger charge is 2.22. The first-order valence-electron chi connectivity index (χ1n) is 9.99. The minimum absolute atomic E-state index is 0.170. The fourth-order valence-corrected chi connectivity index (χ4v) is 2.88. The zero-order chi connectivity index (χ0) is 21.1. The van der Waals surface area contributed by atoms with Crippen molar-refractivity contribution in [3.05, 3.63) is 65.7 Å². The molecule has 2 amide bonds. The summed E-state index contributed by atoms with van der Waals surface area (Å²) in [5, 5.41) is 8.84. The number of aryl methyl sites for hydroxylation is 1. The van der Waals surface area contributed by atoms with Crippen LogP contribution in [0.5, 0.6) is 0 Å². The van der Waals surface area contributed by atoms with Gasteiger partial charge in [0.1, 0.15) is 12.6 Å². The van der Waals surface area contributed by atoms with Crippen LogP contribution >= 0.6 is 0 Å². The Kier molecular flexibility index (Phi) is 9.02. The molecule has 0 bridgehead atoms. The van der Waals surface area contributed by atoms with Gasteiger partial charge in [0.05, 0.1) is 0 Å². The largest absolute Gasteiger partial charge is 0.445 e. The molecular formula is C23H31N3O3. The van der Waals surface area contributed by atoms with Gasteiger partial charge < -0.3 is 20.7 Å². The Morgan fingerprint density at radius 2 is 1.76 bits per heavy atom. The summed E-state index contributed by atoms with van der Waals surface area (Å²) in [5.41, 5.74) is 3.09. The molecule has 0 unspecified atom stereocenters. The predicted molar refractivity (Wildman–Crippen MR) is 116 cm³/mol. The fourth-order valence-electron chi connectivity index (χ4n) is 2.88. The molecule has 0 aliphatic rings. The monoisotopic (exact) mass is 397 g/mol. The lowest BCUT2D eigenvalue weighted by atomic mass is 10.0. The Hall–Kier alpha value is -3.02. The van der Waals surface area contributed by atoms with Crippen molar-refractivity contribution < 1.29 is 14.3 Å². The van der Waals surface area contributed by atoms with Gasteiger partial charge in [-0.05, 0) is 42.5 Å². The number of benzene rings is 2. The molecule has 2 aromatic carbocycles. The highest BCUT2D eigenvalue weighted by atomic mass is 16.5. The Labute approximate surface area is 173 Å². The van der Waals surface area contributed by atoms with Gasteiger partial charge in [0, 0.05) is 18.8 Å². The summed E-state index contributed by atoms with van der Waals surface area (Å²) in [5.74, 6) is 0.0481. The molecule has 0 aromatic heterocycles. The van der Waals surface area contributed by atoms with Crippen LogP contribution < -0.4 is 16.0 Å². The summed E-state index contributed by atoms with van der Waals surface area (Å²) < 4.78 is 5.24. The molecule has 29 heavy (non-hydrogen) atoms. The predicted octanol–water partition coefficient (Wildman–Crippen LogP) is 3.86. The van der Waals surface area contributed by atoms with Crippen LogP contribution in [0.3, 0.4) is 0 Å². The third-order valence-corrected chi connectivity index (χ3v) is 4.30. The molecule has 0 radical (unpaired) electrons. The molecule has 0 aliphatic carbocycles. The minimum atomic E-state index is -0.628. The van der Waals surface area contributed by atoms with Crippen molar-refractivity contribution >= 4 is 17.7 Å². The van der Waals surface area contributed by atoms with Crippen molar-refractivity contribution in [2.75, 3.05) is 18.4 Å². The fraction of sp³-hybridized carbons (Fsp3) is 0.391. The van der Waals surface area contributed by atoms with E-state index in [1.54, 1.807) is 0 Å². The molecule has 0 fully saturated rings. The number of alkyl carbamates (subject to hydrolysis) is 1. The molecule has 0 aliphatic heterocycles. The topological polar surface area (TPSA) is 79.5 Å². The van der Waals surface area contributed by atoms with E-state index in [4.69, 9.17) is 4.74 Å². The van der Waals surface area contributed by atoms with Crippen molar-refractivity contribution in [1.29, 1.82) is 0 Å². The second-order valence-electron chi connectivity index (χ2n) is 7.48. The molecule has 6 nitrogen and oxygen atoms in total. The Balaban J connectivity index is 1.77. The van der Waals surface area contributed by atoms with Gasteiger partial charge in [-0.15, -0.1) is 0 Å². The minimum Gasteiger partial charge on any atom is -0.445 e. The van der Waals surface area contributed by atoms with Crippen molar-refractivity contribution in [2.24, 2.45) is 5.92 Å². The summed E-state index contributed by atoms with van der Waals surface area (Å²) in [6, 6.07) is 16.9. The summed E-state index contributed by atoms with van der Waals surface area (Å²) in [6.07, 6.45) is -0.0510. The average Bonchev–Trinajstić information content (AvgIpc) is 2.69. The molecule has 6 heteroatoms. The molecule has 2 rings (SSSR count). The van der Waals surface area contributed by atoms with Crippen molar-refractivity contribution in [2.45, 2.75) is 39.8 Å². The molecule has 156 valence electrons. The number of ether oxygens (including phenoxy) is 1. The molecule has 2 aromatic rings. The van der Waals surface area contributed by atoms with E-state index in [1.807, 2.05) is 75.4 Å². The van der Waals surface area contributed by atoms with E-state index >= 15 is 0 Å². The van der Waals surface area contributed by atoms with Gasteiger partial charge in [-0.3, -0.25) is 4.79 Å². The summed E-state index contributed by atoms with van der Waals surface area (Å²) in [7, 11) is 0. The van der Waals surface area contributed by atoms with Crippen LogP contribution in [0, 0.1) is 12.8 Å². The lowest BCUT2D eigenvalue weighted by molar-refractivity contribution is -0.123. The molecular weight excluding hydrogens is 366 g/mol. The maximum atomic E-state index is 12.5. The number of anilines is 1. The van der Waals surface area contributed by atoms with Crippen LogP contribution in [-0.2, 0) is 16.1 Å². The normalized spacial score (nSPS) is 11.6. The number of rotatable bonds is 10. The second-order valence-corrected chi connectivity index (χ2v) is 7.48. The van der Waals surface area contributed by atoms with Gasteiger partial charge in [-0.25, -0.2) is 4.79 Å². The SMILES string of the molecule is Cc1cccc(NCCNC(=O)[C@H](CC(C)C)NC(=O)OCc2ccccc2)c1. The summed E-state index contributed by atoms with van der Waals surface area (Å²) in [4.78, 5) is 24.7. The van der Waals surface area contributed by atoms with Crippen LogP contribution in [0.2, 0.25) is 0 Å². The molecule has 0 saturated heterocycles. The first kappa shape index (κ1) is 22.3.